The first-order chi connectivity index (χ1) is 11.6. The van der Waals surface area contributed by atoms with Gasteiger partial charge in [-0.2, -0.15) is 0 Å². The van der Waals surface area contributed by atoms with E-state index in [1.54, 1.807) is 24.3 Å². The maximum atomic E-state index is 12.2. The second-order valence-corrected chi connectivity index (χ2v) is 5.00. The van der Waals surface area contributed by atoms with Crippen LogP contribution in [0.25, 0.3) is 10.9 Å². The lowest BCUT2D eigenvalue weighted by Gasteiger charge is -2.06. The highest BCUT2D eigenvalue weighted by Crippen LogP contribution is 2.10. The zero-order valence-corrected chi connectivity index (χ0v) is 12.4. The number of hydrogen-bond acceptors (Lipinski definition) is 5. The third-order valence-corrected chi connectivity index (χ3v) is 3.35. The maximum Gasteiger partial charge on any atom is 0.287 e. The van der Waals surface area contributed by atoms with Gasteiger partial charge in [-0.3, -0.25) is 9.59 Å². The first kappa shape index (κ1) is 15.2. The van der Waals surface area contributed by atoms with Crippen LogP contribution >= 0.6 is 0 Å². The summed E-state index contributed by atoms with van der Waals surface area (Å²) in [6.07, 6.45) is 6.73. The number of amides is 1. The molecule has 0 aliphatic heterocycles. The van der Waals surface area contributed by atoms with Crippen LogP contribution in [0.1, 0.15) is 21.7 Å². The molecule has 0 spiro atoms. The molecule has 1 amide bonds. The van der Waals surface area contributed by atoms with Crippen LogP contribution in [-0.2, 0) is 6.54 Å². The van der Waals surface area contributed by atoms with Crippen LogP contribution < -0.4 is 10.9 Å². The number of rotatable bonds is 3. The third-order valence-electron chi connectivity index (χ3n) is 3.35. The van der Waals surface area contributed by atoms with Crippen molar-refractivity contribution in [2.45, 2.75) is 6.54 Å². The minimum Gasteiger partial charge on any atom is -0.493 e. The Morgan fingerprint density at radius 3 is 2.92 bits per heavy atom. The first-order valence-corrected chi connectivity index (χ1v) is 6.99. The number of fused-ring (bicyclic) bond motifs is 1. The van der Waals surface area contributed by atoms with Gasteiger partial charge in [0, 0.05) is 24.4 Å². The molecule has 3 aromatic rings. The largest absolute Gasteiger partial charge is 0.493 e. The molecule has 0 fully saturated rings. The van der Waals surface area contributed by atoms with Crippen molar-refractivity contribution in [3.05, 3.63) is 63.8 Å². The summed E-state index contributed by atoms with van der Waals surface area (Å²) < 4.78 is 0. The molecule has 0 radical (unpaired) electrons. The number of benzene rings is 1. The number of pyridine rings is 1. The topological polar surface area (TPSA) is 108 Å². The number of H-pyrrole nitrogens is 1. The molecule has 2 heterocycles. The van der Waals surface area contributed by atoms with Crippen LogP contribution in [0.5, 0.6) is 5.88 Å². The Bertz CT molecular complexity index is 1030. The lowest BCUT2D eigenvalue weighted by atomic mass is 10.1. The summed E-state index contributed by atoms with van der Waals surface area (Å²) in [5, 5.41) is 12.2. The molecule has 1 aromatic carbocycles. The second-order valence-electron chi connectivity index (χ2n) is 5.00. The summed E-state index contributed by atoms with van der Waals surface area (Å²) in [6.45, 7) is 0.159. The van der Waals surface area contributed by atoms with Crippen LogP contribution in [0.2, 0.25) is 0 Å². The van der Waals surface area contributed by atoms with Gasteiger partial charge in [-0.05, 0) is 29.8 Å². The van der Waals surface area contributed by atoms with E-state index >= 15 is 0 Å². The molecule has 0 atom stereocenters. The average Bonchev–Trinajstić information content (AvgIpc) is 2.59. The van der Waals surface area contributed by atoms with Crippen molar-refractivity contribution >= 4 is 16.8 Å². The monoisotopic (exact) mass is 320 g/mol. The van der Waals surface area contributed by atoms with Crippen LogP contribution in [-0.4, -0.2) is 26.0 Å². The zero-order valence-electron chi connectivity index (χ0n) is 12.4. The highest BCUT2D eigenvalue weighted by Gasteiger charge is 2.11. The van der Waals surface area contributed by atoms with Gasteiger partial charge in [0.05, 0.1) is 10.9 Å². The molecule has 0 aliphatic carbocycles. The van der Waals surface area contributed by atoms with Crippen LogP contribution in [0.15, 0.2) is 41.3 Å². The minimum absolute atomic E-state index is 0.0979. The van der Waals surface area contributed by atoms with Gasteiger partial charge in [-0.15, -0.1) is 6.42 Å². The Kier molecular flexibility index (Phi) is 3.95. The molecule has 2 aromatic heterocycles. The summed E-state index contributed by atoms with van der Waals surface area (Å²) in [4.78, 5) is 34.5. The van der Waals surface area contributed by atoms with Crippen molar-refractivity contribution in [1.29, 1.82) is 0 Å². The number of terminal acetylenes is 1. The van der Waals surface area contributed by atoms with Gasteiger partial charge in [0.2, 0.25) is 5.88 Å². The molecule has 0 saturated heterocycles. The van der Waals surface area contributed by atoms with Crippen molar-refractivity contribution in [1.82, 2.24) is 20.3 Å². The number of aromatic amines is 1. The Hall–Kier alpha value is -3.66. The Balaban J connectivity index is 1.85. The molecule has 3 rings (SSSR count). The first-order valence-electron chi connectivity index (χ1n) is 6.99. The van der Waals surface area contributed by atoms with Gasteiger partial charge in [0.1, 0.15) is 0 Å². The SMILES string of the molecule is C#Cc1ccc2nc(C(=O)NCc3ccnc(O)c3)[nH]c(=O)c2c1. The predicted octanol–water partition coefficient (Wildman–Crippen LogP) is 0.935. The Morgan fingerprint density at radius 2 is 2.17 bits per heavy atom. The van der Waals surface area contributed by atoms with Gasteiger partial charge in [0.25, 0.3) is 11.5 Å². The molecule has 3 N–H and O–H groups in total. The summed E-state index contributed by atoms with van der Waals surface area (Å²) in [6, 6.07) is 7.87. The molecule has 7 heteroatoms. The molecule has 24 heavy (non-hydrogen) atoms. The van der Waals surface area contributed by atoms with E-state index in [2.05, 4.69) is 26.2 Å². The summed E-state index contributed by atoms with van der Waals surface area (Å²) in [7, 11) is 0. The van der Waals surface area contributed by atoms with Gasteiger partial charge in [-0.1, -0.05) is 5.92 Å². The molecular weight excluding hydrogens is 308 g/mol. The van der Waals surface area contributed by atoms with Crippen LogP contribution in [0.4, 0.5) is 0 Å². The van der Waals surface area contributed by atoms with Crippen molar-refractivity contribution in [3.8, 4) is 18.2 Å². The number of carbonyl (C=O) groups is 1. The van der Waals surface area contributed by atoms with E-state index in [1.807, 2.05) is 0 Å². The Morgan fingerprint density at radius 1 is 1.33 bits per heavy atom. The van der Waals surface area contributed by atoms with Gasteiger partial charge >= 0.3 is 0 Å². The Labute approximate surface area is 136 Å². The van der Waals surface area contributed by atoms with Gasteiger partial charge in [-0.25, -0.2) is 9.97 Å². The number of nitrogens with one attached hydrogen (secondary N) is 2. The van der Waals surface area contributed by atoms with E-state index in [0.29, 0.717) is 22.0 Å². The quantitative estimate of drug-likeness (QED) is 0.622. The number of aromatic nitrogens is 3. The predicted molar refractivity (Wildman–Crippen MR) is 87.4 cm³/mol. The summed E-state index contributed by atoms with van der Waals surface area (Å²) >= 11 is 0. The molecule has 0 bridgehead atoms. The standard InChI is InChI=1S/C17H12N4O3/c1-2-10-3-4-13-12(7-10)16(23)21-15(20-13)17(24)19-9-11-5-6-18-14(22)8-11/h1,3-8H,9H2,(H,18,22)(H,19,24)(H,20,21,23). The van der Waals surface area contributed by atoms with E-state index in [-0.39, 0.29) is 18.2 Å². The van der Waals surface area contributed by atoms with E-state index < -0.39 is 11.5 Å². The lowest BCUT2D eigenvalue weighted by Crippen LogP contribution is -2.27. The fourth-order valence-corrected chi connectivity index (χ4v) is 2.17. The van der Waals surface area contributed by atoms with Crippen molar-refractivity contribution in [2.75, 3.05) is 0 Å². The second kappa shape index (κ2) is 6.22. The van der Waals surface area contributed by atoms with Crippen LogP contribution in [0.3, 0.4) is 0 Å². The van der Waals surface area contributed by atoms with Crippen molar-refractivity contribution in [3.63, 3.8) is 0 Å². The van der Waals surface area contributed by atoms with E-state index in [1.165, 1.54) is 12.3 Å². The van der Waals surface area contributed by atoms with Gasteiger partial charge < -0.3 is 15.4 Å². The van der Waals surface area contributed by atoms with Crippen molar-refractivity contribution < 1.29 is 9.90 Å². The van der Waals surface area contributed by atoms with Gasteiger partial charge in [0.15, 0.2) is 5.82 Å². The fraction of sp³-hybridized carbons (Fsp3) is 0.0588. The fourth-order valence-electron chi connectivity index (χ4n) is 2.17. The summed E-state index contributed by atoms with van der Waals surface area (Å²) in [5.74, 6) is 1.67. The van der Waals surface area contributed by atoms with E-state index in [9.17, 15) is 14.7 Å². The lowest BCUT2D eigenvalue weighted by molar-refractivity contribution is 0.0940. The number of nitrogens with zero attached hydrogens (tertiary/aromatic N) is 2. The molecular formula is C17H12N4O3. The number of aromatic hydroxyl groups is 1. The molecule has 0 saturated carbocycles. The molecule has 0 aliphatic rings. The van der Waals surface area contributed by atoms with E-state index in [4.69, 9.17) is 6.42 Å². The zero-order chi connectivity index (χ0) is 17.1. The minimum atomic E-state index is -0.536. The molecule has 118 valence electrons. The molecule has 0 unspecified atom stereocenters. The highest BCUT2D eigenvalue weighted by atomic mass is 16.3. The summed E-state index contributed by atoms with van der Waals surface area (Å²) in [5.41, 5.74) is 1.16. The normalized spacial score (nSPS) is 10.3. The highest BCUT2D eigenvalue weighted by molar-refractivity contribution is 5.92. The number of carbonyl (C=O) groups excluding carboxylic acids is 1. The smallest absolute Gasteiger partial charge is 0.287 e. The average molecular weight is 320 g/mol. The maximum absolute atomic E-state index is 12.2. The third kappa shape index (κ3) is 3.08. The molecule has 7 nitrogen and oxygen atoms in total. The van der Waals surface area contributed by atoms with Crippen LogP contribution in [0, 0.1) is 12.3 Å². The van der Waals surface area contributed by atoms with E-state index in [0.717, 1.165) is 0 Å². The number of hydrogen-bond donors (Lipinski definition) is 3. The van der Waals surface area contributed by atoms with Crippen molar-refractivity contribution in [2.24, 2.45) is 0 Å².